The summed E-state index contributed by atoms with van der Waals surface area (Å²) in [7, 11) is 0. The van der Waals surface area contributed by atoms with Gasteiger partial charge in [0.2, 0.25) is 5.95 Å². The molecule has 0 amide bonds. The van der Waals surface area contributed by atoms with E-state index >= 15 is 0 Å². The van der Waals surface area contributed by atoms with E-state index in [-0.39, 0.29) is 5.92 Å². The molecule has 2 atom stereocenters. The monoisotopic (exact) mass is 621 g/mol. The van der Waals surface area contributed by atoms with Gasteiger partial charge in [0.05, 0.1) is 39.7 Å². The van der Waals surface area contributed by atoms with Crippen LogP contribution in [0, 0.1) is 0 Å². The normalized spacial score (nSPS) is 20.3. The van der Waals surface area contributed by atoms with Crippen LogP contribution in [0.1, 0.15) is 55.3 Å². The quantitative estimate of drug-likeness (QED) is 0.196. The molecule has 2 aliphatic carbocycles. The van der Waals surface area contributed by atoms with Crippen LogP contribution in [0.25, 0.3) is 33.9 Å². The molecule has 4 aliphatic rings. The predicted molar refractivity (Wildman–Crippen MR) is 194 cm³/mol. The minimum absolute atomic E-state index is 0.0909. The third kappa shape index (κ3) is 3.85. The van der Waals surface area contributed by atoms with E-state index in [1.165, 1.54) is 52.4 Å². The number of hydrogen-bond acceptors (Lipinski definition) is 4. The summed E-state index contributed by atoms with van der Waals surface area (Å²) >= 11 is 0. The lowest BCUT2D eigenvalue weighted by molar-refractivity contribution is 0.450. The molecule has 0 N–H and O–H groups in total. The van der Waals surface area contributed by atoms with E-state index in [0.29, 0.717) is 5.95 Å². The molecule has 0 fully saturated rings. The molecule has 2 unspecified atom stereocenters. The molecule has 4 heterocycles. The van der Waals surface area contributed by atoms with E-state index < -0.39 is 5.54 Å². The number of benzene rings is 4. The number of rotatable bonds is 4. The van der Waals surface area contributed by atoms with E-state index in [0.717, 1.165) is 41.0 Å². The third-order valence-corrected chi connectivity index (χ3v) is 10.8. The number of aromatic nitrogens is 3. The summed E-state index contributed by atoms with van der Waals surface area (Å²) in [5, 5.41) is 0. The van der Waals surface area contributed by atoms with Crippen molar-refractivity contribution >= 4 is 23.0 Å². The first-order valence-electron chi connectivity index (χ1n) is 17.1. The summed E-state index contributed by atoms with van der Waals surface area (Å²) in [6.07, 6.45) is 12.0. The van der Waals surface area contributed by atoms with Gasteiger partial charge < -0.3 is 9.47 Å². The van der Waals surface area contributed by atoms with Crippen molar-refractivity contribution in [1.29, 1.82) is 0 Å². The largest absolute Gasteiger partial charge is 0.313 e. The standard InChI is InChI=1S/C43H35N5/c1-43-33-25-26-46-38-23-13-14-24-39(38)47(31-19-9-4-10-20-31)40(41(33)46)27-34(43)32-21-11-12-22-37(32)48(43)42-44-35(29-15-5-2-6-16-29)28-36(45-42)30-17-7-3-8-18-30/h2-3,5-8,11-19,21-28,34H,4,9-10,20H2,1H3. The number of para-hydroxylation sites is 3. The lowest BCUT2D eigenvalue weighted by Gasteiger charge is -2.46. The van der Waals surface area contributed by atoms with Gasteiger partial charge in [0.25, 0.3) is 0 Å². The van der Waals surface area contributed by atoms with Crippen molar-refractivity contribution < 1.29 is 0 Å². The van der Waals surface area contributed by atoms with Crippen molar-refractivity contribution in [3.8, 4) is 28.2 Å². The van der Waals surface area contributed by atoms with Gasteiger partial charge in [-0.05, 0) is 74.6 Å². The van der Waals surface area contributed by atoms with Gasteiger partial charge in [0, 0.05) is 40.2 Å². The van der Waals surface area contributed by atoms with E-state index in [1.807, 2.05) is 0 Å². The number of allylic oxidation sites excluding steroid dienone is 2. The second-order valence-electron chi connectivity index (χ2n) is 13.5. The molecule has 5 nitrogen and oxygen atoms in total. The molecule has 0 saturated heterocycles. The third-order valence-electron chi connectivity index (χ3n) is 10.8. The first kappa shape index (κ1) is 27.4. The average Bonchev–Trinajstić information content (AvgIpc) is 3.72. The summed E-state index contributed by atoms with van der Waals surface area (Å²) in [5.41, 5.74) is 13.7. The Kier molecular flexibility index (Phi) is 5.95. The van der Waals surface area contributed by atoms with Crippen molar-refractivity contribution in [2.75, 3.05) is 9.80 Å². The molecule has 0 saturated carbocycles. The highest BCUT2D eigenvalue weighted by molar-refractivity contribution is 5.94. The topological polar surface area (TPSA) is 37.2 Å². The summed E-state index contributed by atoms with van der Waals surface area (Å²) in [6, 6.07) is 43.2. The molecule has 0 bridgehead atoms. The van der Waals surface area contributed by atoms with E-state index in [2.05, 4.69) is 161 Å². The SMILES string of the molecule is CC12c3ccn4c3C(=CC1c1ccccc1N2c1nc(-c2ccccc2)cc(-c2ccccc2)n1)N(C1=CCCCC1)c1ccccc1-4. The summed E-state index contributed by atoms with van der Waals surface area (Å²) < 4.78 is 2.41. The van der Waals surface area contributed by atoms with Gasteiger partial charge in [-0.2, -0.15) is 0 Å². The lowest BCUT2D eigenvalue weighted by atomic mass is 9.73. The first-order chi connectivity index (χ1) is 23.7. The van der Waals surface area contributed by atoms with Gasteiger partial charge in [-0.15, -0.1) is 0 Å². The fourth-order valence-electron chi connectivity index (χ4n) is 8.59. The Morgan fingerprint density at radius 1 is 0.688 bits per heavy atom. The zero-order valence-corrected chi connectivity index (χ0v) is 26.9. The highest BCUT2D eigenvalue weighted by atomic mass is 15.3. The first-order valence-corrected chi connectivity index (χ1v) is 17.1. The van der Waals surface area contributed by atoms with Crippen molar-refractivity contribution in [3.05, 3.63) is 162 Å². The lowest BCUT2D eigenvalue weighted by Crippen LogP contribution is -2.45. The number of anilines is 3. The maximum Gasteiger partial charge on any atom is 0.231 e. The Labute approximate surface area is 281 Å². The Bertz CT molecular complexity index is 2220. The van der Waals surface area contributed by atoms with E-state index in [1.54, 1.807) is 0 Å². The maximum atomic E-state index is 5.37. The Balaban J connectivity index is 1.23. The van der Waals surface area contributed by atoms with Gasteiger partial charge >= 0.3 is 0 Å². The summed E-state index contributed by atoms with van der Waals surface area (Å²) in [4.78, 5) is 15.7. The van der Waals surface area contributed by atoms with Crippen molar-refractivity contribution in [2.24, 2.45) is 0 Å². The zero-order valence-electron chi connectivity index (χ0n) is 26.9. The smallest absolute Gasteiger partial charge is 0.231 e. The van der Waals surface area contributed by atoms with Gasteiger partial charge in [-0.1, -0.05) is 97.1 Å². The summed E-state index contributed by atoms with van der Waals surface area (Å²) in [6.45, 7) is 2.40. The summed E-state index contributed by atoms with van der Waals surface area (Å²) in [5.74, 6) is 0.806. The molecule has 10 rings (SSSR count). The van der Waals surface area contributed by atoms with Crippen LogP contribution in [0.4, 0.5) is 17.3 Å². The van der Waals surface area contributed by atoms with Crippen LogP contribution in [-0.4, -0.2) is 14.5 Å². The van der Waals surface area contributed by atoms with Gasteiger partial charge in [0.1, 0.15) is 0 Å². The molecular formula is C43H35N5. The fraction of sp³-hybridized carbons (Fsp3) is 0.163. The molecule has 2 aliphatic heterocycles. The highest BCUT2D eigenvalue weighted by Crippen LogP contribution is 2.62. The molecule has 6 aromatic rings. The van der Waals surface area contributed by atoms with Gasteiger partial charge in [-0.3, -0.25) is 4.90 Å². The minimum atomic E-state index is -0.462. The van der Waals surface area contributed by atoms with Crippen molar-refractivity contribution in [1.82, 2.24) is 14.5 Å². The second-order valence-corrected chi connectivity index (χ2v) is 13.5. The fourth-order valence-corrected chi connectivity index (χ4v) is 8.59. The van der Waals surface area contributed by atoms with Gasteiger partial charge in [0.15, 0.2) is 0 Å². The molecule has 48 heavy (non-hydrogen) atoms. The Hall–Kier alpha value is -5.68. The minimum Gasteiger partial charge on any atom is -0.313 e. The molecule has 232 valence electrons. The van der Waals surface area contributed by atoms with Crippen LogP contribution in [0.15, 0.2) is 145 Å². The van der Waals surface area contributed by atoms with Crippen molar-refractivity contribution in [2.45, 2.75) is 44.1 Å². The van der Waals surface area contributed by atoms with E-state index in [4.69, 9.17) is 9.97 Å². The highest BCUT2D eigenvalue weighted by Gasteiger charge is 2.55. The predicted octanol–water partition coefficient (Wildman–Crippen LogP) is 10.4. The van der Waals surface area contributed by atoms with Gasteiger partial charge in [-0.25, -0.2) is 9.97 Å². The van der Waals surface area contributed by atoms with Crippen LogP contribution in [-0.2, 0) is 5.54 Å². The maximum absolute atomic E-state index is 5.37. The molecule has 0 spiro atoms. The Morgan fingerprint density at radius 3 is 2.02 bits per heavy atom. The molecule has 2 aromatic heterocycles. The molecular weight excluding hydrogens is 587 g/mol. The number of hydrogen-bond donors (Lipinski definition) is 0. The van der Waals surface area contributed by atoms with Crippen LogP contribution >= 0.6 is 0 Å². The Morgan fingerprint density at radius 2 is 1.33 bits per heavy atom. The molecule has 4 aromatic carbocycles. The number of fused-ring (bicyclic) bond motifs is 6. The van der Waals surface area contributed by atoms with Crippen molar-refractivity contribution in [3.63, 3.8) is 0 Å². The van der Waals surface area contributed by atoms with Crippen LogP contribution in [0.5, 0.6) is 0 Å². The second kappa shape index (κ2) is 10.4. The molecule has 0 radical (unpaired) electrons. The van der Waals surface area contributed by atoms with Crippen LogP contribution in [0.3, 0.4) is 0 Å². The van der Waals surface area contributed by atoms with Crippen LogP contribution < -0.4 is 9.80 Å². The zero-order chi connectivity index (χ0) is 31.8. The van der Waals surface area contributed by atoms with E-state index in [9.17, 15) is 0 Å². The van der Waals surface area contributed by atoms with Crippen LogP contribution in [0.2, 0.25) is 0 Å². The number of nitrogens with zero attached hydrogens (tertiary/aromatic N) is 5. The average molecular weight is 622 g/mol. The molecule has 5 heteroatoms.